The number of methoxy groups -OCH3 is 1. The summed E-state index contributed by atoms with van der Waals surface area (Å²) < 4.78 is 7.02. The molecule has 0 spiro atoms. The van der Waals surface area contributed by atoms with Gasteiger partial charge < -0.3 is 10.5 Å². The van der Waals surface area contributed by atoms with E-state index in [9.17, 15) is 0 Å². The predicted molar refractivity (Wildman–Crippen MR) is 79.9 cm³/mol. The number of hydrogen-bond donors (Lipinski definition) is 1. The molecule has 0 aliphatic carbocycles. The second-order valence-corrected chi connectivity index (χ2v) is 5.24. The molecule has 2 rings (SSSR count). The highest BCUT2D eigenvalue weighted by atomic mass is 16.5. The third-order valence-electron chi connectivity index (χ3n) is 3.29. The molecule has 5 nitrogen and oxygen atoms in total. The molecular weight excluding hydrogens is 252 g/mol. The van der Waals surface area contributed by atoms with E-state index in [1.165, 1.54) is 5.56 Å². The van der Waals surface area contributed by atoms with Crippen LogP contribution in [0.2, 0.25) is 0 Å². The van der Waals surface area contributed by atoms with Crippen LogP contribution < -0.4 is 10.5 Å². The number of ether oxygens (including phenoxy) is 1. The minimum absolute atomic E-state index is 0.387. The molecule has 0 saturated heterocycles. The first-order valence-electron chi connectivity index (χ1n) is 6.83. The zero-order chi connectivity index (χ0) is 14.7. The summed E-state index contributed by atoms with van der Waals surface area (Å²) in [6, 6.07) is 5.88. The van der Waals surface area contributed by atoms with Crippen LogP contribution >= 0.6 is 0 Å². The first kappa shape index (κ1) is 14.4. The number of benzene rings is 1. The molecule has 1 heterocycles. The van der Waals surface area contributed by atoms with E-state index in [0.717, 1.165) is 24.5 Å². The maximum atomic E-state index is 5.91. The second kappa shape index (κ2) is 5.94. The normalized spacial score (nSPS) is 11.1. The molecule has 0 fully saturated rings. The summed E-state index contributed by atoms with van der Waals surface area (Å²) in [4.78, 5) is 4.58. The third-order valence-corrected chi connectivity index (χ3v) is 3.29. The van der Waals surface area contributed by atoms with Crippen LogP contribution in [0.5, 0.6) is 5.75 Å². The Hall–Kier alpha value is -2.04. The van der Waals surface area contributed by atoms with E-state index in [1.54, 1.807) is 7.11 Å². The quantitative estimate of drug-likeness (QED) is 0.850. The molecule has 1 aromatic heterocycles. The van der Waals surface area contributed by atoms with Gasteiger partial charge in [0.2, 0.25) is 0 Å². The fraction of sp³-hybridized carbons (Fsp3) is 0.467. The standard InChI is InChI=1S/C15H22N4O/c1-10(2)15-17-14(18-19(15)3)8-6-11-5-7-13(20-4)12(16)9-11/h5,7,9-10H,6,8,16H2,1-4H3. The fourth-order valence-electron chi connectivity index (χ4n) is 2.26. The van der Waals surface area contributed by atoms with Gasteiger partial charge in [0, 0.05) is 19.4 Å². The molecule has 0 radical (unpaired) electrons. The van der Waals surface area contributed by atoms with E-state index in [2.05, 4.69) is 23.9 Å². The highest BCUT2D eigenvalue weighted by molar-refractivity contribution is 5.54. The summed E-state index contributed by atoms with van der Waals surface area (Å²) in [6.07, 6.45) is 1.68. The van der Waals surface area contributed by atoms with Gasteiger partial charge in [0.05, 0.1) is 12.8 Å². The van der Waals surface area contributed by atoms with Gasteiger partial charge in [0.25, 0.3) is 0 Å². The number of hydrogen-bond acceptors (Lipinski definition) is 4. The van der Waals surface area contributed by atoms with Crippen LogP contribution in [0.3, 0.4) is 0 Å². The van der Waals surface area contributed by atoms with E-state index in [4.69, 9.17) is 10.5 Å². The summed E-state index contributed by atoms with van der Waals surface area (Å²) in [5.74, 6) is 3.00. The van der Waals surface area contributed by atoms with Gasteiger partial charge in [-0.05, 0) is 24.1 Å². The summed E-state index contributed by atoms with van der Waals surface area (Å²) in [5.41, 5.74) is 7.75. The molecule has 0 aliphatic rings. The molecule has 1 aromatic carbocycles. The Morgan fingerprint density at radius 1 is 1.30 bits per heavy atom. The number of aryl methyl sites for hydroxylation is 3. The predicted octanol–water partition coefficient (Wildman–Crippen LogP) is 2.31. The van der Waals surface area contributed by atoms with Gasteiger partial charge in [-0.25, -0.2) is 4.98 Å². The van der Waals surface area contributed by atoms with Gasteiger partial charge >= 0.3 is 0 Å². The van der Waals surface area contributed by atoms with Gasteiger partial charge in [0.15, 0.2) is 5.82 Å². The van der Waals surface area contributed by atoms with Crippen molar-refractivity contribution in [3.8, 4) is 5.75 Å². The van der Waals surface area contributed by atoms with Crippen LogP contribution in [0.1, 0.15) is 37.0 Å². The van der Waals surface area contributed by atoms with Crippen molar-refractivity contribution in [3.63, 3.8) is 0 Å². The molecule has 0 amide bonds. The lowest BCUT2D eigenvalue weighted by molar-refractivity contribution is 0.417. The van der Waals surface area contributed by atoms with Crippen molar-refractivity contribution in [1.29, 1.82) is 0 Å². The first-order chi connectivity index (χ1) is 9.51. The molecule has 0 unspecified atom stereocenters. The first-order valence-corrected chi connectivity index (χ1v) is 6.83. The maximum Gasteiger partial charge on any atom is 0.151 e. The van der Waals surface area contributed by atoms with E-state index in [0.29, 0.717) is 17.4 Å². The van der Waals surface area contributed by atoms with Crippen molar-refractivity contribution in [2.75, 3.05) is 12.8 Å². The monoisotopic (exact) mass is 274 g/mol. The van der Waals surface area contributed by atoms with Gasteiger partial charge in [-0.2, -0.15) is 5.10 Å². The van der Waals surface area contributed by atoms with Crippen LogP contribution in [0, 0.1) is 0 Å². The maximum absolute atomic E-state index is 5.91. The molecule has 0 saturated carbocycles. The van der Waals surface area contributed by atoms with Crippen molar-refractivity contribution in [2.24, 2.45) is 7.05 Å². The van der Waals surface area contributed by atoms with E-state index < -0.39 is 0 Å². The topological polar surface area (TPSA) is 66.0 Å². The third kappa shape index (κ3) is 3.10. The Balaban J connectivity index is 2.05. The number of aromatic nitrogens is 3. The van der Waals surface area contributed by atoms with Gasteiger partial charge in [-0.1, -0.05) is 19.9 Å². The molecule has 2 N–H and O–H groups in total. The highest BCUT2D eigenvalue weighted by Gasteiger charge is 2.10. The number of rotatable bonds is 5. The Morgan fingerprint density at radius 3 is 2.60 bits per heavy atom. The van der Waals surface area contributed by atoms with E-state index in [1.807, 2.05) is 29.9 Å². The number of anilines is 1. The minimum atomic E-state index is 0.387. The van der Waals surface area contributed by atoms with Crippen molar-refractivity contribution >= 4 is 5.69 Å². The summed E-state index contributed by atoms with van der Waals surface area (Å²) in [7, 11) is 3.56. The van der Waals surface area contributed by atoms with Gasteiger partial charge in [-0.15, -0.1) is 0 Å². The highest BCUT2D eigenvalue weighted by Crippen LogP contribution is 2.22. The molecule has 0 atom stereocenters. The molecular formula is C15H22N4O. The van der Waals surface area contributed by atoms with Crippen molar-refractivity contribution in [1.82, 2.24) is 14.8 Å². The molecule has 0 bridgehead atoms. The fourth-order valence-corrected chi connectivity index (χ4v) is 2.26. The number of nitrogens with two attached hydrogens (primary N) is 1. The molecule has 2 aromatic rings. The minimum Gasteiger partial charge on any atom is -0.495 e. The van der Waals surface area contributed by atoms with Crippen molar-refractivity contribution < 1.29 is 4.74 Å². The molecule has 108 valence electrons. The molecule has 20 heavy (non-hydrogen) atoms. The van der Waals surface area contributed by atoms with E-state index in [-0.39, 0.29) is 0 Å². The lowest BCUT2D eigenvalue weighted by atomic mass is 10.1. The average Bonchev–Trinajstić information content (AvgIpc) is 2.78. The zero-order valence-corrected chi connectivity index (χ0v) is 12.6. The van der Waals surface area contributed by atoms with Crippen LogP contribution in [-0.2, 0) is 19.9 Å². The zero-order valence-electron chi connectivity index (χ0n) is 12.6. The van der Waals surface area contributed by atoms with Gasteiger partial charge in [0.1, 0.15) is 11.6 Å². The molecule has 0 aliphatic heterocycles. The SMILES string of the molecule is COc1ccc(CCc2nc(C(C)C)n(C)n2)cc1N. The Morgan fingerprint density at radius 2 is 2.05 bits per heavy atom. The number of nitrogen functional groups attached to an aromatic ring is 1. The van der Waals surface area contributed by atoms with Crippen LogP contribution in [0.25, 0.3) is 0 Å². The van der Waals surface area contributed by atoms with E-state index >= 15 is 0 Å². The van der Waals surface area contributed by atoms with Crippen molar-refractivity contribution in [3.05, 3.63) is 35.4 Å². The largest absolute Gasteiger partial charge is 0.495 e. The summed E-state index contributed by atoms with van der Waals surface area (Å²) >= 11 is 0. The smallest absolute Gasteiger partial charge is 0.151 e. The second-order valence-electron chi connectivity index (χ2n) is 5.24. The lowest BCUT2D eigenvalue weighted by Crippen LogP contribution is -2.00. The van der Waals surface area contributed by atoms with Crippen LogP contribution in [0.4, 0.5) is 5.69 Å². The lowest BCUT2D eigenvalue weighted by Gasteiger charge is -2.06. The van der Waals surface area contributed by atoms with Gasteiger partial charge in [-0.3, -0.25) is 4.68 Å². The van der Waals surface area contributed by atoms with Crippen LogP contribution in [0.15, 0.2) is 18.2 Å². The Bertz CT molecular complexity index is 590. The summed E-state index contributed by atoms with van der Waals surface area (Å²) in [6.45, 7) is 4.25. The Kier molecular flexibility index (Phi) is 4.27. The molecule has 5 heteroatoms. The Labute approximate surface area is 119 Å². The average molecular weight is 274 g/mol. The summed E-state index contributed by atoms with van der Waals surface area (Å²) in [5, 5.41) is 4.45. The van der Waals surface area contributed by atoms with Crippen LogP contribution in [-0.4, -0.2) is 21.9 Å². The number of nitrogens with zero attached hydrogens (tertiary/aromatic N) is 3. The van der Waals surface area contributed by atoms with Crippen molar-refractivity contribution in [2.45, 2.75) is 32.6 Å².